The Labute approximate surface area is 174 Å². The van der Waals surface area contributed by atoms with Crippen molar-refractivity contribution in [2.45, 2.75) is 13.5 Å². The summed E-state index contributed by atoms with van der Waals surface area (Å²) in [4.78, 5) is 38.7. The summed E-state index contributed by atoms with van der Waals surface area (Å²) in [5.41, 5.74) is 1.23. The van der Waals surface area contributed by atoms with Crippen molar-refractivity contribution in [3.63, 3.8) is 0 Å². The van der Waals surface area contributed by atoms with E-state index < -0.39 is 17.2 Å². The number of hydrogen-bond acceptors (Lipinski definition) is 4. The molecule has 0 bridgehead atoms. The molecule has 29 heavy (non-hydrogen) atoms. The number of aromatic nitrogens is 2. The number of carbonyl (C=O) groups is 1. The van der Waals surface area contributed by atoms with Crippen molar-refractivity contribution in [1.29, 1.82) is 0 Å². The predicted octanol–water partition coefficient (Wildman–Crippen LogP) is 3.81. The minimum atomic E-state index is -0.571. The lowest BCUT2D eigenvalue weighted by atomic mass is 10.2. The Morgan fingerprint density at radius 2 is 1.83 bits per heavy atom. The molecule has 2 aromatic carbocycles. The maximum atomic E-state index is 13.1. The summed E-state index contributed by atoms with van der Waals surface area (Å²) in [6.07, 6.45) is 0. The van der Waals surface area contributed by atoms with E-state index in [1.807, 2.05) is 13.0 Å². The number of rotatable bonds is 4. The van der Waals surface area contributed by atoms with Crippen molar-refractivity contribution < 1.29 is 4.79 Å². The topological polar surface area (TPSA) is 73.1 Å². The van der Waals surface area contributed by atoms with E-state index in [0.717, 1.165) is 10.1 Å². The van der Waals surface area contributed by atoms with Crippen LogP contribution < -0.4 is 16.6 Å². The van der Waals surface area contributed by atoms with Crippen molar-refractivity contribution in [3.05, 3.63) is 91.4 Å². The monoisotopic (exact) mass is 425 g/mol. The molecule has 4 aromatic rings. The first-order valence-electron chi connectivity index (χ1n) is 8.81. The van der Waals surface area contributed by atoms with Gasteiger partial charge in [-0.3, -0.25) is 14.2 Å². The molecule has 8 heteroatoms. The van der Waals surface area contributed by atoms with Crippen molar-refractivity contribution >= 4 is 44.7 Å². The average Bonchev–Trinajstić information content (AvgIpc) is 3.19. The fraction of sp³-hybridized carbons (Fsp3) is 0.0952. The first-order chi connectivity index (χ1) is 14.0. The molecule has 0 unspecified atom stereocenters. The third kappa shape index (κ3) is 3.50. The Bertz CT molecular complexity index is 1320. The van der Waals surface area contributed by atoms with Crippen LogP contribution in [-0.4, -0.2) is 15.0 Å². The van der Waals surface area contributed by atoms with Gasteiger partial charge in [0, 0.05) is 0 Å². The summed E-state index contributed by atoms with van der Waals surface area (Å²) >= 11 is 7.42. The van der Waals surface area contributed by atoms with E-state index in [1.165, 1.54) is 15.9 Å². The molecule has 0 aliphatic carbocycles. The Hall–Kier alpha value is -3.16. The second-order valence-corrected chi connectivity index (χ2v) is 7.78. The molecule has 0 saturated heterocycles. The van der Waals surface area contributed by atoms with Gasteiger partial charge in [0.15, 0.2) is 0 Å². The van der Waals surface area contributed by atoms with Crippen LogP contribution in [-0.2, 0) is 11.3 Å². The molecular formula is C21H16ClN3O3S. The molecule has 146 valence electrons. The van der Waals surface area contributed by atoms with E-state index in [2.05, 4.69) is 5.32 Å². The molecule has 1 N–H and O–H groups in total. The summed E-state index contributed by atoms with van der Waals surface area (Å²) in [6, 6.07) is 15.6. The number of carbonyl (C=O) groups excluding carboxylic acids is 1. The fourth-order valence-corrected chi connectivity index (χ4v) is 4.25. The van der Waals surface area contributed by atoms with Crippen LogP contribution in [0.1, 0.15) is 5.56 Å². The smallest absolute Gasteiger partial charge is 0.323 e. The Morgan fingerprint density at radius 1 is 1.07 bits per heavy atom. The lowest BCUT2D eigenvalue weighted by molar-refractivity contribution is -0.116. The highest BCUT2D eigenvalue weighted by atomic mass is 35.5. The molecule has 6 nitrogen and oxygen atoms in total. The number of thiophene rings is 1. The SMILES string of the molecule is Cc1cccc(Cl)c1NC(=O)Cn1c(=O)n(-c2ccccc2)c(=O)c2sccc21. The zero-order valence-electron chi connectivity index (χ0n) is 15.4. The number of para-hydroxylation sites is 2. The first-order valence-corrected chi connectivity index (χ1v) is 10.1. The summed E-state index contributed by atoms with van der Waals surface area (Å²) in [6.45, 7) is 1.59. The number of nitrogens with zero attached hydrogens (tertiary/aromatic N) is 2. The zero-order valence-corrected chi connectivity index (χ0v) is 17.0. The van der Waals surface area contributed by atoms with Crippen LogP contribution in [0.4, 0.5) is 5.69 Å². The lowest BCUT2D eigenvalue weighted by Crippen LogP contribution is -2.40. The highest BCUT2D eigenvalue weighted by Crippen LogP contribution is 2.25. The minimum Gasteiger partial charge on any atom is -0.323 e. The van der Waals surface area contributed by atoms with Gasteiger partial charge in [-0.25, -0.2) is 9.36 Å². The summed E-state index contributed by atoms with van der Waals surface area (Å²) in [7, 11) is 0. The molecule has 0 aliphatic heterocycles. The van der Waals surface area contributed by atoms with Crippen LogP contribution in [0.15, 0.2) is 69.6 Å². The second kappa shape index (κ2) is 7.69. The number of aryl methyl sites for hydroxylation is 1. The minimum absolute atomic E-state index is 0.246. The largest absolute Gasteiger partial charge is 0.336 e. The highest BCUT2D eigenvalue weighted by Gasteiger charge is 2.18. The Kier molecular flexibility index (Phi) is 5.08. The third-order valence-electron chi connectivity index (χ3n) is 4.56. The predicted molar refractivity (Wildman–Crippen MR) is 117 cm³/mol. The van der Waals surface area contributed by atoms with Gasteiger partial charge in [-0.05, 0) is 42.1 Å². The molecule has 1 amide bonds. The van der Waals surface area contributed by atoms with Gasteiger partial charge >= 0.3 is 5.69 Å². The van der Waals surface area contributed by atoms with Crippen LogP contribution in [0, 0.1) is 6.92 Å². The number of anilines is 1. The molecule has 2 aromatic heterocycles. The average molecular weight is 426 g/mol. The van der Waals surface area contributed by atoms with Gasteiger partial charge in [0.05, 0.1) is 21.9 Å². The van der Waals surface area contributed by atoms with Crippen LogP contribution in [0.25, 0.3) is 15.9 Å². The second-order valence-electron chi connectivity index (χ2n) is 6.46. The number of benzene rings is 2. The molecule has 0 atom stereocenters. The summed E-state index contributed by atoms with van der Waals surface area (Å²) in [5.74, 6) is -0.408. The van der Waals surface area contributed by atoms with E-state index in [0.29, 0.717) is 26.6 Å². The van der Waals surface area contributed by atoms with Gasteiger partial charge in [-0.1, -0.05) is 41.9 Å². The number of hydrogen-bond donors (Lipinski definition) is 1. The van der Waals surface area contributed by atoms with E-state index in [-0.39, 0.29) is 6.54 Å². The Balaban J connectivity index is 1.80. The van der Waals surface area contributed by atoms with Crippen molar-refractivity contribution in [1.82, 2.24) is 9.13 Å². The number of nitrogens with one attached hydrogen (secondary N) is 1. The fourth-order valence-electron chi connectivity index (χ4n) is 3.16. The normalized spacial score (nSPS) is 11.0. The van der Waals surface area contributed by atoms with E-state index in [9.17, 15) is 14.4 Å². The van der Waals surface area contributed by atoms with Gasteiger partial charge in [-0.15, -0.1) is 11.3 Å². The van der Waals surface area contributed by atoms with Crippen LogP contribution in [0.2, 0.25) is 5.02 Å². The van der Waals surface area contributed by atoms with E-state index in [1.54, 1.807) is 53.9 Å². The zero-order chi connectivity index (χ0) is 20.5. The number of halogens is 1. The van der Waals surface area contributed by atoms with Crippen LogP contribution in [0.5, 0.6) is 0 Å². The van der Waals surface area contributed by atoms with Gasteiger partial charge < -0.3 is 5.32 Å². The van der Waals surface area contributed by atoms with Gasteiger partial charge in [0.1, 0.15) is 11.2 Å². The quantitative estimate of drug-likeness (QED) is 0.540. The highest BCUT2D eigenvalue weighted by molar-refractivity contribution is 7.17. The van der Waals surface area contributed by atoms with Crippen molar-refractivity contribution in [3.8, 4) is 5.69 Å². The molecular weight excluding hydrogens is 410 g/mol. The molecule has 0 spiro atoms. The third-order valence-corrected chi connectivity index (χ3v) is 5.76. The summed E-state index contributed by atoms with van der Waals surface area (Å²) < 4.78 is 2.81. The molecule has 0 radical (unpaired) electrons. The van der Waals surface area contributed by atoms with Crippen LogP contribution in [0.3, 0.4) is 0 Å². The Morgan fingerprint density at radius 3 is 2.55 bits per heavy atom. The maximum absolute atomic E-state index is 13.1. The van der Waals surface area contributed by atoms with Crippen molar-refractivity contribution in [2.24, 2.45) is 0 Å². The van der Waals surface area contributed by atoms with E-state index in [4.69, 9.17) is 11.6 Å². The molecule has 4 rings (SSSR count). The molecule has 0 fully saturated rings. The van der Waals surface area contributed by atoms with Gasteiger partial charge in [-0.2, -0.15) is 0 Å². The molecule has 2 heterocycles. The molecule has 0 aliphatic rings. The van der Waals surface area contributed by atoms with Crippen molar-refractivity contribution in [2.75, 3.05) is 5.32 Å². The van der Waals surface area contributed by atoms with Gasteiger partial charge in [0.2, 0.25) is 5.91 Å². The number of amides is 1. The first kappa shape index (κ1) is 19.2. The maximum Gasteiger partial charge on any atom is 0.336 e. The molecule has 0 saturated carbocycles. The number of fused-ring (bicyclic) bond motifs is 1. The van der Waals surface area contributed by atoms with E-state index >= 15 is 0 Å². The lowest BCUT2D eigenvalue weighted by Gasteiger charge is -2.14. The summed E-state index contributed by atoms with van der Waals surface area (Å²) in [5, 5.41) is 4.92. The van der Waals surface area contributed by atoms with Gasteiger partial charge in [0.25, 0.3) is 5.56 Å². The van der Waals surface area contributed by atoms with Crippen LogP contribution >= 0.6 is 22.9 Å². The standard InChI is InChI=1S/C21H16ClN3O3S/c1-13-6-5-9-15(22)18(13)23-17(26)12-24-16-10-11-29-19(16)20(27)25(21(24)28)14-7-3-2-4-8-14/h2-11H,12H2,1H3,(H,23,26).